The molecule has 1 N–H and O–H groups in total. The van der Waals surface area contributed by atoms with Crippen LogP contribution in [0.25, 0.3) is 22.1 Å². The quantitative estimate of drug-likeness (QED) is 0.534. The number of fused-ring (bicyclic) bond motifs is 1. The molecule has 24 heavy (non-hydrogen) atoms. The van der Waals surface area contributed by atoms with E-state index in [4.69, 9.17) is 4.42 Å². The molecule has 2 nitrogen and oxygen atoms in total. The number of benzene rings is 3. The molecule has 0 bridgehead atoms. The van der Waals surface area contributed by atoms with E-state index in [1.807, 2.05) is 24.3 Å². The fraction of sp³-hybridized carbons (Fsp3) is 0.0909. The van der Waals surface area contributed by atoms with Gasteiger partial charge in [0.1, 0.15) is 11.3 Å². The van der Waals surface area contributed by atoms with Crippen molar-refractivity contribution in [2.45, 2.75) is 13.1 Å². The zero-order valence-corrected chi connectivity index (χ0v) is 13.4. The summed E-state index contributed by atoms with van der Waals surface area (Å²) in [5, 5.41) is 4.62. The highest BCUT2D eigenvalue weighted by Gasteiger charge is 2.03. The topological polar surface area (TPSA) is 25.2 Å². The Kier molecular flexibility index (Phi) is 4.13. The van der Waals surface area contributed by atoms with Crippen LogP contribution in [0, 0.1) is 0 Å². The first-order valence-electron chi connectivity index (χ1n) is 8.21. The van der Waals surface area contributed by atoms with Crippen LogP contribution in [0.1, 0.15) is 11.3 Å². The van der Waals surface area contributed by atoms with Gasteiger partial charge in [-0.2, -0.15) is 0 Å². The minimum absolute atomic E-state index is 0.726. The molecule has 1 aromatic heterocycles. The van der Waals surface area contributed by atoms with Crippen molar-refractivity contribution in [1.29, 1.82) is 0 Å². The van der Waals surface area contributed by atoms with Gasteiger partial charge in [-0.25, -0.2) is 0 Å². The maximum absolute atomic E-state index is 5.84. The van der Waals surface area contributed by atoms with Gasteiger partial charge in [0, 0.05) is 11.9 Å². The van der Waals surface area contributed by atoms with Crippen LogP contribution in [-0.2, 0) is 13.1 Å². The highest BCUT2D eigenvalue weighted by atomic mass is 16.3. The minimum Gasteiger partial charge on any atom is -0.460 e. The number of rotatable bonds is 5. The predicted octanol–water partition coefficient (Wildman–Crippen LogP) is 5.39. The van der Waals surface area contributed by atoms with Crippen LogP contribution in [0.15, 0.2) is 89.3 Å². The molecule has 0 fully saturated rings. The van der Waals surface area contributed by atoms with Gasteiger partial charge in [0.2, 0.25) is 0 Å². The predicted molar refractivity (Wildman–Crippen MR) is 98.6 cm³/mol. The van der Waals surface area contributed by atoms with E-state index in [1.165, 1.54) is 16.7 Å². The van der Waals surface area contributed by atoms with E-state index < -0.39 is 0 Å². The van der Waals surface area contributed by atoms with Gasteiger partial charge in [-0.1, -0.05) is 66.7 Å². The van der Waals surface area contributed by atoms with Gasteiger partial charge in [0.15, 0.2) is 0 Å². The van der Waals surface area contributed by atoms with Crippen LogP contribution in [0.5, 0.6) is 0 Å². The van der Waals surface area contributed by atoms with Crippen LogP contribution in [0.3, 0.4) is 0 Å². The highest BCUT2D eigenvalue weighted by molar-refractivity contribution is 5.77. The maximum Gasteiger partial charge on any atom is 0.134 e. The monoisotopic (exact) mass is 313 g/mol. The fourth-order valence-corrected chi connectivity index (χ4v) is 2.95. The molecule has 3 aromatic carbocycles. The lowest BCUT2D eigenvalue weighted by Gasteiger charge is -2.06. The fourth-order valence-electron chi connectivity index (χ4n) is 2.95. The summed E-state index contributed by atoms with van der Waals surface area (Å²) in [7, 11) is 0. The molecule has 4 aromatic rings. The van der Waals surface area contributed by atoms with E-state index in [2.05, 4.69) is 66.0 Å². The number of para-hydroxylation sites is 1. The third kappa shape index (κ3) is 3.24. The molecule has 0 unspecified atom stereocenters. The first-order valence-corrected chi connectivity index (χ1v) is 8.21. The molecule has 0 amide bonds. The summed E-state index contributed by atoms with van der Waals surface area (Å²) in [6.07, 6.45) is 0. The van der Waals surface area contributed by atoms with Crippen molar-refractivity contribution >= 4 is 11.0 Å². The second-order valence-corrected chi connectivity index (χ2v) is 5.92. The molecule has 1 heterocycles. The summed E-state index contributed by atoms with van der Waals surface area (Å²) in [4.78, 5) is 0. The zero-order chi connectivity index (χ0) is 16.2. The summed E-state index contributed by atoms with van der Waals surface area (Å²) >= 11 is 0. The first-order chi connectivity index (χ1) is 11.9. The molecular formula is C22H19NO. The van der Waals surface area contributed by atoms with E-state index in [0.717, 1.165) is 29.8 Å². The number of nitrogens with one attached hydrogen (secondary N) is 1. The molecule has 0 aliphatic carbocycles. The molecule has 0 spiro atoms. The summed E-state index contributed by atoms with van der Waals surface area (Å²) in [6.45, 7) is 1.54. The smallest absolute Gasteiger partial charge is 0.134 e. The van der Waals surface area contributed by atoms with Gasteiger partial charge < -0.3 is 9.73 Å². The highest BCUT2D eigenvalue weighted by Crippen LogP contribution is 2.21. The van der Waals surface area contributed by atoms with E-state index in [1.54, 1.807) is 0 Å². The number of hydrogen-bond donors (Lipinski definition) is 1. The van der Waals surface area contributed by atoms with Gasteiger partial charge >= 0.3 is 0 Å². The Morgan fingerprint density at radius 3 is 2.33 bits per heavy atom. The lowest BCUT2D eigenvalue weighted by Crippen LogP contribution is -2.12. The number of furan rings is 1. The van der Waals surface area contributed by atoms with Gasteiger partial charge in [-0.05, 0) is 34.9 Å². The van der Waals surface area contributed by atoms with Crippen molar-refractivity contribution in [3.63, 3.8) is 0 Å². The summed E-state index contributed by atoms with van der Waals surface area (Å²) < 4.78 is 5.84. The van der Waals surface area contributed by atoms with E-state index >= 15 is 0 Å². The van der Waals surface area contributed by atoms with E-state index in [0.29, 0.717) is 0 Å². The minimum atomic E-state index is 0.726. The Morgan fingerprint density at radius 2 is 1.46 bits per heavy atom. The normalized spacial score (nSPS) is 11.0. The third-order valence-corrected chi connectivity index (χ3v) is 4.14. The summed E-state index contributed by atoms with van der Waals surface area (Å²) in [5.74, 6) is 0.968. The number of hydrogen-bond acceptors (Lipinski definition) is 2. The van der Waals surface area contributed by atoms with Gasteiger partial charge in [-0.15, -0.1) is 0 Å². The second kappa shape index (κ2) is 6.73. The first kappa shape index (κ1) is 14.7. The molecule has 0 radical (unpaired) electrons. The Bertz CT molecular complexity index is 907. The van der Waals surface area contributed by atoms with Gasteiger partial charge in [0.25, 0.3) is 0 Å². The molecule has 0 atom stereocenters. The molecule has 4 rings (SSSR count). The Hall–Kier alpha value is -2.84. The van der Waals surface area contributed by atoms with Crippen molar-refractivity contribution in [2.75, 3.05) is 0 Å². The van der Waals surface area contributed by atoms with Crippen LogP contribution in [0.4, 0.5) is 0 Å². The van der Waals surface area contributed by atoms with Crippen LogP contribution in [-0.4, -0.2) is 0 Å². The average Bonchev–Trinajstić information content (AvgIpc) is 3.05. The Labute approximate surface area is 141 Å². The van der Waals surface area contributed by atoms with Crippen molar-refractivity contribution in [3.05, 3.63) is 96.3 Å². The summed E-state index contributed by atoms with van der Waals surface area (Å²) in [6, 6.07) is 29.3. The molecule has 0 aliphatic heterocycles. The van der Waals surface area contributed by atoms with Crippen molar-refractivity contribution in [2.24, 2.45) is 0 Å². The van der Waals surface area contributed by atoms with Gasteiger partial charge in [0.05, 0.1) is 6.54 Å². The zero-order valence-electron chi connectivity index (χ0n) is 13.4. The molecule has 0 saturated carbocycles. The lowest BCUT2D eigenvalue weighted by molar-refractivity contribution is 0.514. The Morgan fingerprint density at radius 1 is 0.667 bits per heavy atom. The van der Waals surface area contributed by atoms with E-state index in [-0.39, 0.29) is 0 Å². The molecule has 2 heteroatoms. The van der Waals surface area contributed by atoms with Crippen molar-refractivity contribution in [3.8, 4) is 11.1 Å². The van der Waals surface area contributed by atoms with Crippen LogP contribution in [0.2, 0.25) is 0 Å². The van der Waals surface area contributed by atoms with Crippen LogP contribution < -0.4 is 5.32 Å². The average molecular weight is 313 g/mol. The molecular weight excluding hydrogens is 294 g/mol. The third-order valence-electron chi connectivity index (χ3n) is 4.14. The molecule has 0 aliphatic rings. The lowest BCUT2D eigenvalue weighted by atomic mass is 10.0. The van der Waals surface area contributed by atoms with Gasteiger partial charge in [-0.3, -0.25) is 0 Å². The standard InChI is InChI=1S/C22H19NO/c1-2-8-18(9-3-1)19-11-6-7-17(13-19)15-23-16-21-14-20-10-4-5-12-22(20)24-21/h1-14,23H,15-16H2. The van der Waals surface area contributed by atoms with Crippen molar-refractivity contribution in [1.82, 2.24) is 5.32 Å². The molecule has 0 saturated heterocycles. The largest absolute Gasteiger partial charge is 0.460 e. The molecule has 118 valence electrons. The maximum atomic E-state index is 5.84. The Balaban J connectivity index is 1.42. The van der Waals surface area contributed by atoms with Crippen LogP contribution >= 0.6 is 0 Å². The summed E-state index contributed by atoms with van der Waals surface area (Å²) in [5.41, 5.74) is 4.71. The SMILES string of the molecule is c1ccc(-c2cccc(CNCc3cc4ccccc4o3)c2)cc1. The second-order valence-electron chi connectivity index (χ2n) is 5.92. The van der Waals surface area contributed by atoms with E-state index in [9.17, 15) is 0 Å². The van der Waals surface area contributed by atoms with Crippen molar-refractivity contribution < 1.29 is 4.42 Å².